The van der Waals surface area contributed by atoms with Crippen LogP contribution in [0.15, 0.2) is 64.3 Å². The SMILES string of the molecule is O=C(N/N=C\c1ccc(Cl)c(Cl)c1)c1ccn(Cc2ccc(Br)cc2)n1. The van der Waals surface area contributed by atoms with Gasteiger partial charge in [0.1, 0.15) is 0 Å². The molecule has 3 aromatic rings. The second-order valence-electron chi connectivity index (χ2n) is 5.40. The number of carbonyl (C=O) groups is 1. The van der Waals surface area contributed by atoms with Gasteiger partial charge in [-0.15, -0.1) is 0 Å². The summed E-state index contributed by atoms with van der Waals surface area (Å²) in [5.41, 5.74) is 4.53. The van der Waals surface area contributed by atoms with Crippen LogP contribution in [0, 0.1) is 0 Å². The Morgan fingerprint density at radius 3 is 2.65 bits per heavy atom. The minimum Gasteiger partial charge on any atom is -0.268 e. The van der Waals surface area contributed by atoms with Crippen molar-refractivity contribution in [2.24, 2.45) is 5.10 Å². The van der Waals surface area contributed by atoms with Gasteiger partial charge in [0.2, 0.25) is 0 Å². The number of rotatable bonds is 5. The van der Waals surface area contributed by atoms with E-state index < -0.39 is 5.91 Å². The Balaban J connectivity index is 1.59. The van der Waals surface area contributed by atoms with Gasteiger partial charge < -0.3 is 0 Å². The number of hydrogen-bond donors (Lipinski definition) is 1. The predicted molar refractivity (Wildman–Crippen MR) is 107 cm³/mol. The second-order valence-corrected chi connectivity index (χ2v) is 7.13. The number of nitrogens with zero attached hydrogens (tertiary/aromatic N) is 3. The highest BCUT2D eigenvalue weighted by Crippen LogP contribution is 2.21. The third-order valence-corrected chi connectivity index (χ3v) is 4.72. The molecule has 0 atom stereocenters. The summed E-state index contributed by atoms with van der Waals surface area (Å²) >= 11 is 15.2. The number of benzene rings is 2. The second kappa shape index (κ2) is 8.49. The zero-order chi connectivity index (χ0) is 18.5. The summed E-state index contributed by atoms with van der Waals surface area (Å²) in [5.74, 6) is -0.393. The monoisotopic (exact) mass is 450 g/mol. The van der Waals surface area contributed by atoms with Crippen LogP contribution in [0.4, 0.5) is 0 Å². The van der Waals surface area contributed by atoms with Crippen LogP contribution in [0.3, 0.4) is 0 Å². The van der Waals surface area contributed by atoms with Crippen molar-refractivity contribution in [3.05, 3.63) is 86.1 Å². The lowest BCUT2D eigenvalue weighted by molar-refractivity contribution is 0.0949. The number of amides is 1. The van der Waals surface area contributed by atoms with Gasteiger partial charge in [0.15, 0.2) is 5.69 Å². The van der Waals surface area contributed by atoms with Crippen molar-refractivity contribution in [1.82, 2.24) is 15.2 Å². The lowest BCUT2D eigenvalue weighted by Crippen LogP contribution is -2.18. The summed E-state index contributed by atoms with van der Waals surface area (Å²) in [6.07, 6.45) is 3.23. The first-order valence-electron chi connectivity index (χ1n) is 7.57. The maximum Gasteiger partial charge on any atom is 0.291 e. The average Bonchev–Trinajstić information content (AvgIpc) is 3.09. The largest absolute Gasteiger partial charge is 0.291 e. The first-order chi connectivity index (χ1) is 12.5. The molecule has 0 aliphatic carbocycles. The topological polar surface area (TPSA) is 59.3 Å². The average molecular weight is 452 g/mol. The maximum atomic E-state index is 12.1. The molecule has 0 aliphatic rings. The normalized spacial score (nSPS) is 11.0. The van der Waals surface area contributed by atoms with E-state index in [2.05, 4.69) is 31.6 Å². The van der Waals surface area contributed by atoms with Crippen LogP contribution in [0.2, 0.25) is 10.0 Å². The van der Waals surface area contributed by atoms with Gasteiger partial charge in [0.05, 0.1) is 22.8 Å². The van der Waals surface area contributed by atoms with Gasteiger partial charge >= 0.3 is 0 Å². The van der Waals surface area contributed by atoms with Crippen LogP contribution in [-0.4, -0.2) is 21.9 Å². The predicted octanol–water partition coefficient (Wildman–Crippen LogP) is 4.76. The summed E-state index contributed by atoms with van der Waals surface area (Å²) in [4.78, 5) is 12.1. The van der Waals surface area contributed by atoms with Gasteiger partial charge in [-0.2, -0.15) is 10.2 Å². The van der Waals surface area contributed by atoms with Gasteiger partial charge in [-0.3, -0.25) is 9.48 Å². The molecule has 1 amide bonds. The van der Waals surface area contributed by atoms with Crippen LogP contribution >= 0.6 is 39.1 Å². The number of hydrazone groups is 1. The molecule has 0 fully saturated rings. The van der Waals surface area contributed by atoms with Crippen molar-refractivity contribution >= 4 is 51.3 Å². The van der Waals surface area contributed by atoms with E-state index in [1.165, 1.54) is 6.21 Å². The minimum atomic E-state index is -0.393. The molecule has 0 saturated carbocycles. The molecule has 1 heterocycles. The van der Waals surface area contributed by atoms with Crippen molar-refractivity contribution in [2.75, 3.05) is 0 Å². The zero-order valence-electron chi connectivity index (χ0n) is 13.4. The van der Waals surface area contributed by atoms with Crippen LogP contribution in [-0.2, 0) is 6.54 Å². The first kappa shape index (κ1) is 18.6. The molecular weight excluding hydrogens is 439 g/mol. The Kier molecular flexibility index (Phi) is 6.08. The van der Waals surface area contributed by atoms with E-state index in [1.807, 2.05) is 24.3 Å². The fourth-order valence-electron chi connectivity index (χ4n) is 2.16. The van der Waals surface area contributed by atoms with E-state index in [1.54, 1.807) is 35.1 Å². The summed E-state index contributed by atoms with van der Waals surface area (Å²) in [5, 5.41) is 9.06. The van der Waals surface area contributed by atoms with Crippen LogP contribution in [0.5, 0.6) is 0 Å². The molecule has 1 N–H and O–H groups in total. The highest BCUT2D eigenvalue weighted by molar-refractivity contribution is 9.10. The number of nitrogens with one attached hydrogen (secondary N) is 1. The van der Waals surface area contributed by atoms with Crippen molar-refractivity contribution < 1.29 is 4.79 Å². The first-order valence-corrected chi connectivity index (χ1v) is 9.12. The Morgan fingerprint density at radius 1 is 1.15 bits per heavy atom. The van der Waals surface area contributed by atoms with E-state index in [4.69, 9.17) is 23.2 Å². The molecule has 0 aliphatic heterocycles. The highest BCUT2D eigenvalue weighted by atomic mass is 79.9. The van der Waals surface area contributed by atoms with Crippen molar-refractivity contribution in [2.45, 2.75) is 6.54 Å². The van der Waals surface area contributed by atoms with Gasteiger partial charge in [-0.05, 0) is 41.5 Å². The fourth-order valence-corrected chi connectivity index (χ4v) is 2.73. The van der Waals surface area contributed by atoms with E-state index in [9.17, 15) is 4.79 Å². The minimum absolute atomic E-state index is 0.286. The number of hydrogen-bond acceptors (Lipinski definition) is 3. The highest BCUT2D eigenvalue weighted by Gasteiger charge is 2.08. The molecule has 0 saturated heterocycles. The molecule has 26 heavy (non-hydrogen) atoms. The van der Waals surface area contributed by atoms with Gasteiger partial charge in [0.25, 0.3) is 5.91 Å². The van der Waals surface area contributed by atoms with E-state index in [-0.39, 0.29) is 5.69 Å². The van der Waals surface area contributed by atoms with Gasteiger partial charge in [0, 0.05) is 10.7 Å². The number of halogens is 3. The maximum absolute atomic E-state index is 12.1. The van der Waals surface area contributed by atoms with Crippen LogP contribution < -0.4 is 5.43 Å². The summed E-state index contributed by atoms with van der Waals surface area (Å²) in [7, 11) is 0. The summed E-state index contributed by atoms with van der Waals surface area (Å²) in [6.45, 7) is 0.576. The molecule has 0 bridgehead atoms. The van der Waals surface area contributed by atoms with E-state index in [0.717, 1.165) is 15.6 Å². The third kappa shape index (κ3) is 4.94. The molecule has 3 rings (SSSR count). The lowest BCUT2D eigenvalue weighted by atomic mass is 10.2. The fraction of sp³-hybridized carbons (Fsp3) is 0.0556. The molecule has 0 unspecified atom stereocenters. The van der Waals surface area contributed by atoms with Crippen LogP contribution in [0.1, 0.15) is 21.6 Å². The molecule has 8 heteroatoms. The smallest absolute Gasteiger partial charge is 0.268 e. The Hall–Kier alpha value is -2.15. The van der Waals surface area contributed by atoms with Crippen molar-refractivity contribution in [1.29, 1.82) is 0 Å². The Morgan fingerprint density at radius 2 is 1.92 bits per heavy atom. The van der Waals surface area contributed by atoms with Gasteiger partial charge in [-0.25, -0.2) is 5.43 Å². The molecule has 1 aromatic heterocycles. The molecule has 5 nitrogen and oxygen atoms in total. The molecule has 2 aromatic carbocycles. The Bertz CT molecular complexity index is 954. The molecule has 0 spiro atoms. The third-order valence-electron chi connectivity index (χ3n) is 3.45. The van der Waals surface area contributed by atoms with E-state index >= 15 is 0 Å². The molecular formula is C18H13BrCl2N4O. The lowest BCUT2D eigenvalue weighted by Gasteiger charge is -2.02. The van der Waals surface area contributed by atoms with Gasteiger partial charge in [-0.1, -0.05) is 57.3 Å². The Labute approximate surface area is 168 Å². The van der Waals surface area contributed by atoms with Crippen LogP contribution in [0.25, 0.3) is 0 Å². The molecule has 0 radical (unpaired) electrons. The summed E-state index contributed by atoms with van der Waals surface area (Å²) in [6, 6.07) is 14.6. The number of aromatic nitrogens is 2. The molecule has 132 valence electrons. The number of carbonyl (C=O) groups excluding carboxylic acids is 1. The van der Waals surface area contributed by atoms with Crippen molar-refractivity contribution in [3.8, 4) is 0 Å². The zero-order valence-corrected chi connectivity index (χ0v) is 16.5. The quantitative estimate of drug-likeness (QED) is 0.448. The van der Waals surface area contributed by atoms with Crippen molar-refractivity contribution in [3.63, 3.8) is 0 Å². The summed E-state index contributed by atoms with van der Waals surface area (Å²) < 4.78 is 2.71. The van der Waals surface area contributed by atoms with E-state index in [0.29, 0.717) is 16.6 Å². The standard InChI is InChI=1S/C18H13BrCl2N4O/c19-14-4-1-12(2-5-14)11-25-8-7-17(24-25)18(26)23-22-10-13-3-6-15(20)16(21)9-13/h1-10H,11H2,(H,23,26)/b22-10-.